The number of anilines is 1. The summed E-state index contributed by atoms with van der Waals surface area (Å²) in [5, 5.41) is 1.65. The van der Waals surface area contributed by atoms with Crippen molar-refractivity contribution in [1.82, 2.24) is 9.29 Å². The molecule has 0 saturated heterocycles. The monoisotopic (exact) mass is 309 g/mol. The Balaban J connectivity index is 1.91. The molecule has 1 aliphatic carbocycles. The lowest BCUT2D eigenvalue weighted by Gasteiger charge is -2.20. The number of hydrogen-bond donors (Lipinski definition) is 1. The normalized spacial score (nSPS) is 15.7. The predicted octanol–water partition coefficient (Wildman–Crippen LogP) is 2.08. The number of thiophene rings is 1. The quantitative estimate of drug-likeness (QED) is 0.917. The van der Waals surface area contributed by atoms with E-state index in [1.807, 2.05) is 18.2 Å². The van der Waals surface area contributed by atoms with Gasteiger partial charge in [-0.1, -0.05) is 6.07 Å². The van der Waals surface area contributed by atoms with Gasteiger partial charge >= 0.3 is 0 Å². The Kier molecular flexibility index (Phi) is 3.49. The van der Waals surface area contributed by atoms with Crippen molar-refractivity contribution in [2.45, 2.75) is 29.6 Å². The van der Waals surface area contributed by atoms with Crippen molar-refractivity contribution in [2.75, 3.05) is 5.73 Å². The highest BCUT2D eigenvalue weighted by atomic mass is 32.2. The van der Waals surface area contributed by atoms with E-state index >= 15 is 0 Å². The van der Waals surface area contributed by atoms with Gasteiger partial charge in [-0.2, -0.15) is 4.31 Å². The molecule has 2 aromatic rings. The standard InChI is InChI=1S/C13H15N3O2S2/c14-10-7-13(19-9-10)20(17,18)16(12-4-5-12)8-11-3-1-2-6-15-11/h1-3,6-7,9,12H,4-5,8,14H2. The van der Waals surface area contributed by atoms with Crippen molar-refractivity contribution in [1.29, 1.82) is 0 Å². The minimum absolute atomic E-state index is 0.0883. The van der Waals surface area contributed by atoms with E-state index in [1.165, 1.54) is 17.4 Å². The Morgan fingerprint density at radius 1 is 1.40 bits per heavy atom. The van der Waals surface area contributed by atoms with E-state index in [2.05, 4.69) is 4.98 Å². The van der Waals surface area contributed by atoms with Crippen LogP contribution in [-0.4, -0.2) is 23.7 Å². The molecule has 0 atom stereocenters. The van der Waals surface area contributed by atoms with Gasteiger partial charge in [0, 0.05) is 23.3 Å². The summed E-state index contributed by atoms with van der Waals surface area (Å²) in [5.74, 6) is 0. The van der Waals surface area contributed by atoms with Gasteiger partial charge in [0.25, 0.3) is 10.0 Å². The van der Waals surface area contributed by atoms with Crippen LogP contribution in [0.5, 0.6) is 0 Å². The largest absolute Gasteiger partial charge is 0.398 e. The summed E-state index contributed by atoms with van der Waals surface area (Å²) in [6, 6.07) is 7.13. The van der Waals surface area contributed by atoms with E-state index < -0.39 is 10.0 Å². The molecular formula is C13H15N3O2S2. The highest BCUT2D eigenvalue weighted by Crippen LogP contribution is 2.35. The molecule has 2 heterocycles. The number of sulfonamides is 1. The van der Waals surface area contributed by atoms with Gasteiger partial charge in [-0.15, -0.1) is 11.3 Å². The molecule has 0 aliphatic heterocycles. The average molecular weight is 309 g/mol. The summed E-state index contributed by atoms with van der Waals surface area (Å²) in [7, 11) is -3.48. The van der Waals surface area contributed by atoms with Crippen molar-refractivity contribution < 1.29 is 8.42 Å². The fourth-order valence-electron chi connectivity index (χ4n) is 2.01. The molecule has 0 unspecified atom stereocenters. The SMILES string of the molecule is Nc1csc(S(=O)(=O)N(Cc2ccccn2)C2CC2)c1. The maximum atomic E-state index is 12.7. The molecule has 7 heteroatoms. The second-order valence-electron chi connectivity index (χ2n) is 4.80. The zero-order valence-electron chi connectivity index (χ0n) is 10.8. The average Bonchev–Trinajstić information content (AvgIpc) is 3.17. The fraction of sp³-hybridized carbons (Fsp3) is 0.308. The first-order valence-corrected chi connectivity index (χ1v) is 8.65. The summed E-state index contributed by atoms with van der Waals surface area (Å²) in [5.41, 5.74) is 6.88. The number of nitrogens with zero attached hydrogens (tertiary/aromatic N) is 2. The summed E-state index contributed by atoms with van der Waals surface area (Å²) in [6.07, 6.45) is 3.50. The van der Waals surface area contributed by atoms with Gasteiger partial charge in [0.1, 0.15) is 4.21 Å². The van der Waals surface area contributed by atoms with Crippen molar-refractivity contribution in [3.63, 3.8) is 0 Å². The second-order valence-corrected chi connectivity index (χ2v) is 7.83. The van der Waals surface area contributed by atoms with Gasteiger partial charge in [-0.05, 0) is 31.0 Å². The van der Waals surface area contributed by atoms with Crippen LogP contribution in [-0.2, 0) is 16.6 Å². The Morgan fingerprint density at radius 3 is 2.75 bits per heavy atom. The van der Waals surface area contributed by atoms with Gasteiger partial charge in [0.2, 0.25) is 0 Å². The molecular weight excluding hydrogens is 294 g/mol. The maximum absolute atomic E-state index is 12.7. The Hall–Kier alpha value is -1.44. The summed E-state index contributed by atoms with van der Waals surface area (Å²) in [4.78, 5) is 4.21. The third-order valence-electron chi connectivity index (χ3n) is 3.16. The maximum Gasteiger partial charge on any atom is 0.253 e. The van der Waals surface area contributed by atoms with Gasteiger partial charge < -0.3 is 5.73 Å². The molecule has 1 fully saturated rings. The third kappa shape index (κ3) is 2.70. The fourth-order valence-corrected chi connectivity index (χ4v) is 4.87. The van der Waals surface area contributed by atoms with Crippen LogP contribution in [0.25, 0.3) is 0 Å². The van der Waals surface area contributed by atoms with Crippen molar-refractivity contribution in [2.24, 2.45) is 0 Å². The molecule has 0 bridgehead atoms. The first-order chi connectivity index (χ1) is 9.57. The molecule has 3 rings (SSSR count). The minimum atomic E-state index is -3.48. The molecule has 5 nitrogen and oxygen atoms in total. The van der Waals surface area contributed by atoms with Crippen LogP contribution in [0.3, 0.4) is 0 Å². The van der Waals surface area contributed by atoms with Crippen LogP contribution >= 0.6 is 11.3 Å². The Morgan fingerprint density at radius 2 is 2.20 bits per heavy atom. The van der Waals surface area contributed by atoms with Gasteiger partial charge in [0.05, 0.1) is 12.2 Å². The topological polar surface area (TPSA) is 76.3 Å². The molecule has 1 saturated carbocycles. The van der Waals surface area contributed by atoms with Crippen LogP contribution < -0.4 is 5.73 Å². The van der Waals surface area contributed by atoms with Gasteiger partial charge in [-0.3, -0.25) is 4.98 Å². The molecule has 2 N–H and O–H groups in total. The molecule has 0 spiro atoms. The van der Waals surface area contributed by atoms with Crippen LogP contribution in [0, 0.1) is 0 Å². The van der Waals surface area contributed by atoms with E-state index in [9.17, 15) is 8.42 Å². The zero-order chi connectivity index (χ0) is 14.2. The lowest BCUT2D eigenvalue weighted by Crippen LogP contribution is -2.32. The summed E-state index contributed by atoms with van der Waals surface area (Å²) >= 11 is 1.17. The number of rotatable bonds is 5. The number of pyridine rings is 1. The highest BCUT2D eigenvalue weighted by Gasteiger charge is 2.38. The first kappa shape index (κ1) is 13.5. The van der Waals surface area contributed by atoms with Crippen LogP contribution in [0.15, 0.2) is 40.1 Å². The molecule has 1 aliphatic rings. The van der Waals surface area contributed by atoms with E-state index in [0.717, 1.165) is 18.5 Å². The van der Waals surface area contributed by atoms with E-state index in [4.69, 9.17) is 5.73 Å². The molecule has 106 valence electrons. The Labute approximate surface area is 122 Å². The van der Waals surface area contributed by atoms with E-state index in [-0.39, 0.29) is 6.04 Å². The minimum Gasteiger partial charge on any atom is -0.398 e. The van der Waals surface area contributed by atoms with E-state index in [1.54, 1.807) is 15.9 Å². The van der Waals surface area contributed by atoms with Gasteiger partial charge in [0.15, 0.2) is 0 Å². The highest BCUT2D eigenvalue weighted by molar-refractivity contribution is 7.91. The van der Waals surface area contributed by atoms with Crippen LogP contribution in [0.4, 0.5) is 5.69 Å². The summed E-state index contributed by atoms with van der Waals surface area (Å²) < 4.78 is 27.2. The van der Waals surface area contributed by atoms with Crippen LogP contribution in [0.1, 0.15) is 18.5 Å². The first-order valence-electron chi connectivity index (χ1n) is 6.33. The van der Waals surface area contributed by atoms with Crippen molar-refractivity contribution in [3.05, 3.63) is 41.5 Å². The molecule has 0 aromatic carbocycles. The van der Waals surface area contributed by atoms with Crippen molar-refractivity contribution in [3.8, 4) is 0 Å². The second kappa shape index (κ2) is 5.16. The lowest BCUT2D eigenvalue weighted by molar-refractivity contribution is 0.395. The molecule has 20 heavy (non-hydrogen) atoms. The molecule has 0 radical (unpaired) electrons. The number of aromatic nitrogens is 1. The van der Waals surface area contributed by atoms with Crippen LogP contribution in [0.2, 0.25) is 0 Å². The lowest BCUT2D eigenvalue weighted by atomic mass is 10.3. The molecule has 2 aromatic heterocycles. The number of hydrogen-bond acceptors (Lipinski definition) is 5. The summed E-state index contributed by atoms with van der Waals surface area (Å²) in [6.45, 7) is 0.311. The Bertz CT molecular complexity index is 693. The molecule has 0 amide bonds. The van der Waals surface area contributed by atoms with Crippen molar-refractivity contribution >= 4 is 27.0 Å². The number of nitrogen functional groups attached to an aromatic ring is 1. The zero-order valence-corrected chi connectivity index (χ0v) is 12.4. The third-order valence-corrected chi connectivity index (χ3v) is 6.49. The smallest absolute Gasteiger partial charge is 0.253 e. The van der Waals surface area contributed by atoms with Gasteiger partial charge in [-0.25, -0.2) is 8.42 Å². The predicted molar refractivity (Wildman–Crippen MR) is 78.7 cm³/mol. The number of nitrogens with two attached hydrogens (primary N) is 1. The van der Waals surface area contributed by atoms with E-state index in [0.29, 0.717) is 16.4 Å².